The van der Waals surface area contributed by atoms with Gasteiger partial charge < -0.3 is 9.52 Å². The molecule has 0 amide bonds. The number of hydrogen-bond donors (Lipinski definition) is 2. The first-order valence-corrected chi connectivity index (χ1v) is 12.4. The van der Waals surface area contributed by atoms with Crippen molar-refractivity contribution >= 4 is 11.9 Å². The van der Waals surface area contributed by atoms with Gasteiger partial charge in [-0.2, -0.15) is 0 Å². The largest absolute Gasteiger partial charge is 0.416 e. The predicted octanol–water partition coefficient (Wildman–Crippen LogP) is 5.45. The lowest BCUT2D eigenvalue weighted by molar-refractivity contribution is -0.0687. The molecule has 34 heavy (non-hydrogen) atoms. The zero-order valence-electron chi connectivity index (χ0n) is 19.2. The molecule has 0 bridgehead atoms. The topological polar surface area (TPSA) is 69.5 Å². The molecule has 0 radical (unpaired) electrons. The van der Waals surface area contributed by atoms with Gasteiger partial charge in [0.05, 0.1) is 11.0 Å². The summed E-state index contributed by atoms with van der Waals surface area (Å²) in [5.41, 5.74) is -0.518. The summed E-state index contributed by atoms with van der Waals surface area (Å²) in [6.45, 7) is 4.02. The van der Waals surface area contributed by atoms with Crippen molar-refractivity contribution < 1.29 is 18.3 Å². The van der Waals surface area contributed by atoms with Crippen molar-refractivity contribution in [2.75, 3.05) is 0 Å². The van der Waals surface area contributed by atoms with Crippen LogP contribution in [-0.2, 0) is 12.0 Å². The summed E-state index contributed by atoms with van der Waals surface area (Å²) in [7, 11) is 0. The van der Waals surface area contributed by atoms with Gasteiger partial charge in [-0.25, -0.2) is 17.9 Å². The first-order valence-electron chi connectivity index (χ1n) is 11.5. The second-order valence-corrected chi connectivity index (χ2v) is 11.2. The Balaban J connectivity index is 1.42. The van der Waals surface area contributed by atoms with Crippen molar-refractivity contribution in [3.63, 3.8) is 0 Å². The number of oxazole rings is 1. The van der Waals surface area contributed by atoms with E-state index < -0.39 is 28.4 Å². The van der Waals surface area contributed by atoms with Gasteiger partial charge in [0.1, 0.15) is 17.4 Å². The molecule has 1 aliphatic carbocycles. The molecular weight excluding hydrogens is 458 g/mol. The quantitative estimate of drug-likeness (QED) is 0.470. The summed E-state index contributed by atoms with van der Waals surface area (Å²) in [5.74, 6) is -1.52. The standard InChI is InChI=1S/C26H28F2N2O3S/c1-16-8-9-22(17-6-4-3-5-7-17)34-30(16)13-18-10-21(28)19(11-20(18)27)26(14-25(2,32)15-26)23-12-29-24(31)33-23/h3-7,10-12,16,22,32H,8-9,13-15H2,1-2H3,(H,29,31)/t16-,22+,25?,26?/m0/s1. The molecule has 2 aromatic carbocycles. The van der Waals surface area contributed by atoms with Gasteiger partial charge in [0.25, 0.3) is 0 Å². The molecule has 3 aromatic rings. The number of benzene rings is 2. The van der Waals surface area contributed by atoms with E-state index in [0.717, 1.165) is 12.8 Å². The van der Waals surface area contributed by atoms with Crippen LogP contribution in [0.4, 0.5) is 8.78 Å². The Morgan fingerprint density at radius 2 is 1.91 bits per heavy atom. The monoisotopic (exact) mass is 486 g/mol. The van der Waals surface area contributed by atoms with Crippen molar-refractivity contribution in [1.29, 1.82) is 0 Å². The Kier molecular flexibility index (Phi) is 5.94. The van der Waals surface area contributed by atoms with Crippen LogP contribution in [0.2, 0.25) is 0 Å². The number of aliphatic hydroxyl groups is 1. The number of nitrogens with zero attached hydrogens (tertiary/aromatic N) is 1. The summed E-state index contributed by atoms with van der Waals surface area (Å²) in [6.07, 6.45) is 3.65. The first-order chi connectivity index (χ1) is 16.2. The molecule has 2 fully saturated rings. The van der Waals surface area contributed by atoms with E-state index >= 15 is 8.78 Å². The van der Waals surface area contributed by atoms with Crippen molar-refractivity contribution in [3.05, 3.63) is 93.3 Å². The highest BCUT2D eigenvalue weighted by Gasteiger charge is 2.56. The average molecular weight is 487 g/mol. The molecule has 180 valence electrons. The molecule has 2 N–H and O–H groups in total. The lowest BCUT2D eigenvalue weighted by Gasteiger charge is -2.50. The van der Waals surface area contributed by atoms with E-state index in [1.165, 1.54) is 23.9 Å². The van der Waals surface area contributed by atoms with E-state index in [1.807, 2.05) is 18.2 Å². The summed E-state index contributed by atoms with van der Waals surface area (Å²) >= 11 is 1.68. The summed E-state index contributed by atoms with van der Waals surface area (Å²) in [5, 5.41) is 10.7. The van der Waals surface area contributed by atoms with Crippen molar-refractivity contribution in [2.24, 2.45) is 0 Å². The summed E-state index contributed by atoms with van der Waals surface area (Å²) in [6, 6.07) is 12.9. The Bertz CT molecular complexity index is 1230. The maximum Gasteiger partial charge on any atom is 0.416 e. The Hall–Kier alpha value is -2.42. The van der Waals surface area contributed by atoms with Crippen LogP contribution in [0, 0.1) is 11.6 Å². The van der Waals surface area contributed by atoms with Gasteiger partial charge in [-0.05, 0) is 57.2 Å². The van der Waals surface area contributed by atoms with Crippen LogP contribution in [-0.4, -0.2) is 26.0 Å². The maximum absolute atomic E-state index is 15.5. The van der Waals surface area contributed by atoms with Crippen molar-refractivity contribution in [1.82, 2.24) is 9.29 Å². The van der Waals surface area contributed by atoms with Gasteiger partial charge in [0.15, 0.2) is 0 Å². The molecule has 2 atom stereocenters. The fraction of sp³-hybridized carbons (Fsp3) is 0.423. The molecule has 8 heteroatoms. The molecule has 2 aliphatic rings. The average Bonchev–Trinajstić information content (AvgIpc) is 3.23. The van der Waals surface area contributed by atoms with Crippen molar-refractivity contribution in [3.8, 4) is 0 Å². The number of nitrogens with one attached hydrogen (secondary N) is 1. The molecule has 1 saturated heterocycles. The second-order valence-electron chi connectivity index (χ2n) is 9.90. The molecule has 2 heterocycles. The van der Waals surface area contributed by atoms with Crippen molar-refractivity contribution in [2.45, 2.75) is 68.4 Å². The molecule has 0 spiro atoms. The molecule has 5 rings (SSSR count). The summed E-state index contributed by atoms with van der Waals surface area (Å²) in [4.78, 5) is 14.0. The van der Waals surface area contributed by atoms with Crippen LogP contribution < -0.4 is 5.76 Å². The lowest BCUT2D eigenvalue weighted by atomic mass is 9.55. The van der Waals surface area contributed by atoms with E-state index in [2.05, 4.69) is 28.3 Å². The third-order valence-electron chi connectivity index (χ3n) is 7.11. The van der Waals surface area contributed by atoms with Gasteiger partial charge in [0, 0.05) is 35.2 Å². The van der Waals surface area contributed by atoms with E-state index in [9.17, 15) is 9.90 Å². The molecule has 5 nitrogen and oxygen atoms in total. The number of aromatic nitrogens is 1. The van der Waals surface area contributed by atoms with Crippen LogP contribution in [0.5, 0.6) is 0 Å². The van der Waals surface area contributed by atoms with Gasteiger partial charge in [0.2, 0.25) is 0 Å². The SMILES string of the molecule is C[C@H]1CC[C@H](c2ccccc2)SN1Cc1cc(F)c(C2(c3c[nH]c(=O)o3)CC(C)(O)C2)cc1F. The van der Waals surface area contributed by atoms with Crippen LogP contribution >= 0.6 is 11.9 Å². The molecule has 1 saturated carbocycles. The van der Waals surface area contributed by atoms with E-state index in [4.69, 9.17) is 4.42 Å². The van der Waals surface area contributed by atoms with Crippen LogP contribution in [0.3, 0.4) is 0 Å². The fourth-order valence-corrected chi connectivity index (χ4v) is 6.83. The number of rotatable bonds is 5. The number of aromatic amines is 1. The highest BCUT2D eigenvalue weighted by molar-refractivity contribution is 7.97. The van der Waals surface area contributed by atoms with E-state index in [0.29, 0.717) is 0 Å². The van der Waals surface area contributed by atoms with Gasteiger partial charge in [-0.15, -0.1) is 0 Å². The van der Waals surface area contributed by atoms with E-state index in [1.54, 1.807) is 18.9 Å². The zero-order valence-corrected chi connectivity index (χ0v) is 20.0. The Morgan fingerprint density at radius 3 is 2.56 bits per heavy atom. The van der Waals surface area contributed by atoms with Gasteiger partial charge in [-0.3, -0.25) is 4.98 Å². The van der Waals surface area contributed by atoms with Gasteiger partial charge in [-0.1, -0.05) is 42.3 Å². The zero-order chi connectivity index (χ0) is 24.1. The number of hydrogen-bond acceptors (Lipinski definition) is 5. The highest BCUT2D eigenvalue weighted by atomic mass is 32.2. The molecule has 1 aromatic heterocycles. The second kappa shape index (κ2) is 8.66. The number of H-pyrrole nitrogens is 1. The lowest BCUT2D eigenvalue weighted by Crippen LogP contribution is -2.53. The summed E-state index contributed by atoms with van der Waals surface area (Å²) < 4.78 is 38.2. The fourth-order valence-electron chi connectivity index (χ4n) is 5.45. The Labute approximate surface area is 201 Å². The predicted molar refractivity (Wildman–Crippen MR) is 127 cm³/mol. The first kappa shape index (κ1) is 23.3. The van der Waals surface area contributed by atoms with E-state index in [-0.39, 0.29) is 47.6 Å². The highest BCUT2D eigenvalue weighted by Crippen LogP contribution is 2.55. The number of halogens is 2. The minimum absolute atomic E-state index is 0.101. The minimum atomic E-state index is -1.09. The van der Waals surface area contributed by atoms with Crippen LogP contribution in [0.1, 0.15) is 67.2 Å². The minimum Gasteiger partial charge on any atom is -0.412 e. The normalized spacial score (nSPS) is 29.7. The smallest absolute Gasteiger partial charge is 0.412 e. The van der Waals surface area contributed by atoms with Crippen LogP contribution in [0.25, 0.3) is 0 Å². The van der Waals surface area contributed by atoms with Gasteiger partial charge >= 0.3 is 5.76 Å². The molecule has 0 unspecified atom stereocenters. The molecule has 1 aliphatic heterocycles. The Morgan fingerprint density at radius 1 is 1.18 bits per heavy atom. The third kappa shape index (κ3) is 4.23. The third-order valence-corrected chi connectivity index (χ3v) is 8.63. The molecular formula is C26H28F2N2O3S. The maximum atomic E-state index is 15.5. The van der Waals surface area contributed by atoms with Crippen LogP contribution in [0.15, 0.2) is 57.9 Å².